The lowest BCUT2D eigenvalue weighted by Gasteiger charge is -2.25. The number of benzene rings is 2. The first-order chi connectivity index (χ1) is 12.5. The zero-order valence-corrected chi connectivity index (χ0v) is 16.4. The van der Waals surface area contributed by atoms with Crippen molar-refractivity contribution in [1.82, 2.24) is 4.90 Å². The van der Waals surface area contributed by atoms with Crippen molar-refractivity contribution in [3.63, 3.8) is 0 Å². The van der Waals surface area contributed by atoms with E-state index < -0.39 is 0 Å². The van der Waals surface area contributed by atoms with Crippen molar-refractivity contribution in [3.8, 4) is 11.5 Å². The lowest BCUT2D eigenvalue weighted by molar-refractivity contribution is 0.171. The summed E-state index contributed by atoms with van der Waals surface area (Å²) >= 11 is 6.67. The van der Waals surface area contributed by atoms with Crippen LogP contribution in [0.4, 0.5) is 17.1 Å². The van der Waals surface area contributed by atoms with E-state index in [2.05, 4.69) is 18.0 Å². The average molecular weight is 374 g/mol. The first kappa shape index (κ1) is 18.4. The molecule has 3 rings (SSSR count). The van der Waals surface area contributed by atoms with Crippen molar-refractivity contribution in [1.29, 1.82) is 0 Å². The van der Waals surface area contributed by atoms with Crippen LogP contribution >= 0.6 is 11.6 Å². The summed E-state index contributed by atoms with van der Waals surface area (Å²) in [4.78, 5) is 8.58. The minimum Gasteiger partial charge on any atom is -0.486 e. The van der Waals surface area contributed by atoms with Crippen LogP contribution in [-0.4, -0.2) is 45.1 Å². The Morgan fingerprint density at radius 3 is 2.58 bits per heavy atom. The standard InChI is InChI=1S/C20H24ClN3O2/c1-5-23(3)13-22-16-10-14(2)11-17(20(16)21)24(4)15-6-7-18-19(12-15)26-9-8-25-18/h6-7,10-13H,5,8-9H2,1-4H3/b22-13-. The largest absolute Gasteiger partial charge is 0.486 e. The van der Waals surface area contributed by atoms with Crippen LogP contribution in [0.1, 0.15) is 12.5 Å². The third kappa shape index (κ3) is 3.88. The Bertz CT molecular complexity index is 823. The maximum absolute atomic E-state index is 6.67. The summed E-state index contributed by atoms with van der Waals surface area (Å²) in [6.07, 6.45) is 1.80. The molecule has 0 N–H and O–H groups in total. The van der Waals surface area contributed by atoms with E-state index >= 15 is 0 Å². The van der Waals surface area contributed by atoms with Crippen LogP contribution in [0.3, 0.4) is 0 Å². The third-order valence-corrected chi connectivity index (χ3v) is 4.73. The van der Waals surface area contributed by atoms with Gasteiger partial charge in [-0.3, -0.25) is 0 Å². The quantitative estimate of drug-likeness (QED) is 0.557. The molecule has 0 unspecified atom stereocenters. The Morgan fingerprint density at radius 1 is 1.12 bits per heavy atom. The number of aliphatic imine (C=N–C) groups is 1. The van der Waals surface area contributed by atoms with Crippen molar-refractivity contribution in [2.75, 3.05) is 38.8 Å². The lowest BCUT2D eigenvalue weighted by atomic mass is 10.1. The van der Waals surface area contributed by atoms with E-state index in [1.165, 1.54) is 0 Å². The molecule has 0 bridgehead atoms. The first-order valence-electron chi connectivity index (χ1n) is 8.67. The molecule has 0 aromatic heterocycles. The van der Waals surface area contributed by atoms with E-state index in [9.17, 15) is 0 Å². The van der Waals surface area contributed by atoms with E-state index in [4.69, 9.17) is 21.1 Å². The number of fused-ring (bicyclic) bond motifs is 1. The summed E-state index contributed by atoms with van der Waals surface area (Å²) < 4.78 is 11.3. The highest BCUT2D eigenvalue weighted by Crippen LogP contribution is 2.41. The molecular weight excluding hydrogens is 350 g/mol. The Hall–Kier alpha value is -2.40. The second kappa shape index (κ2) is 7.87. The molecule has 2 aromatic rings. The van der Waals surface area contributed by atoms with Gasteiger partial charge in [0.25, 0.3) is 0 Å². The minimum atomic E-state index is 0.565. The molecule has 0 fully saturated rings. The summed E-state index contributed by atoms with van der Waals surface area (Å²) in [6.45, 7) is 6.15. The molecule has 0 spiro atoms. The number of rotatable bonds is 5. The van der Waals surface area contributed by atoms with Crippen LogP contribution in [-0.2, 0) is 0 Å². The third-order valence-electron chi connectivity index (χ3n) is 4.35. The van der Waals surface area contributed by atoms with Crippen molar-refractivity contribution >= 4 is 35.0 Å². The highest BCUT2D eigenvalue weighted by Gasteiger charge is 2.17. The molecule has 1 heterocycles. The van der Waals surface area contributed by atoms with Crippen molar-refractivity contribution < 1.29 is 9.47 Å². The molecule has 0 amide bonds. The van der Waals surface area contributed by atoms with Gasteiger partial charge in [-0.1, -0.05) is 11.6 Å². The number of nitrogens with zero attached hydrogens (tertiary/aromatic N) is 3. The summed E-state index contributed by atoms with van der Waals surface area (Å²) in [6, 6.07) is 9.95. The van der Waals surface area contributed by atoms with Crippen LogP contribution in [0.2, 0.25) is 5.02 Å². The van der Waals surface area contributed by atoms with Crippen molar-refractivity contribution in [2.45, 2.75) is 13.8 Å². The van der Waals surface area contributed by atoms with Gasteiger partial charge in [-0.25, -0.2) is 4.99 Å². The molecular formula is C20H24ClN3O2. The zero-order chi connectivity index (χ0) is 18.7. The molecule has 1 aliphatic heterocycles. The van der Waals surface area contributed by atoms with Gasteiger partial charge in [0, 0.05) is 32.4 Å². The van der Waals surface area contributed by atoms with Crippen LogP contribution in [0.15, 0.2) is 35.3 Å². The Kier molecular flexibility index (Phi) is 5.57. The van der Waals surface area contributed by atoms with E-state index in [1.54, 1.807) is 6.34 Å². The van der Waals surface area contributed by atoms with Gasteiger partial charge in [0.2, 0.25) is 0 Å². The molecule has 0 atom stereocenters. The molecule has 0 saturated carbocycles. The monoisotopic (exact) mass is 373 g/mol. The second-order valence-electron chi connectivity index (χ2n) is 6.32. The van der Waals surface area contributed by atoms with Crippen LogP contribution in [0.25, 0.3) is 0 Å². The van der Waals surface area contributed by atoms with E-state index in [-0.39, 0.29) is 0 Å². The van der Waals surface area contributed by atoms with Crippen LogP contribution < -0.4 is 14.4 Å². The summed E-state index contributed by atoms with van der Waals surface area (Å²) in [7, 11) is 3.97. The van der Waals surface area contributed by atoms with Gasteiger partial charge in [-0.15, -0.1) is 0 Å². The number of aryl methyl sites for hydroxylation is 1. The summed E-state index contributed by atoms with van der Waals surface area (Å²) in [5, 5.41) is 0.619. The fourth-order valence-corrected chi connectivity index (χ4v) is 2.98. The van der Waals surface area contributed by atoms with Gasteiger partial charge in [-0.2, -0.15) is 0 Å². The van der Waals surface area contributed by atoms with Crippen molar-refractivity contribution in [2.24, 2.45) is 4.99 Å². The topological polar surface area (TPSA) is 37.3 Å². The highest BCUT2D eigenvalue weighted by atomic mass is 35.5. The lowest BCUT2D eigenvalue weighted by Crippen LogP contribution is -2.16. The molecule has 6 heteroatoms. The SMILES string of the molecule is CCN(C)/C=N\c1cc(C)cc(N(C)c2ccc3c(c2)OCCO3)c1Cl. The van der Waals surface area contributed by atoms with Crippen LogP contribution in [0, 0.1) is 6.92 Å². The molecule has 26 heavy (non-hydrogen) atoms. The van der Waals surface area contributed by atoms with Gasteiger partial charge in [0.15, 0.2) is 11.5 Å². The predicted molar refractivity (Wildman–Crippen MR) is 108 cm³/mol. The van der Waals surface area contributed by atoms with Gasteiger partial charge in [-0.05, 0) is 43.7 Å². The number of anilines is 2. The van der Waals surface area contributed by atoms with Gasteiger partial charge in [0.1, 0.15) is 13.2 Å². The molecule has 138 valence electrons. The minimum absolute atomic E-state index is 0.565. The van der Waals surface area contributed by atoms with Gasteiger partial charge in [0.05, 0.1) is 22.7 Å². The Morgan fingerprint density at radius 2 is 1.85 bits per heavy atom. The highest BCUT2D eigenvalue weighted by molar-refractivity contribution is 6.36. The van der Waals surface area contributed by atoms with Gasteiger partial charge < -0.3 is 19.3 Å². The number of halogens is 1. The number of hydrogen-bond acceptors (Lipinski definition) is 4. The molecule has 1 aliphatic rings. The number of ether oxygens (including phenoxy) is 2. The molecule has 2 aromatic carbocycles. The molecule has 0 radical (unpaired) electrons. The fraction of sp³-hybridized carbons (Fsp3) is 0.350. The fourth-order valence-electron chi connectivity index (χ4n) is 2.69. The molecule has 5 nitrogen and oxygen atoms in total. The average Bonchev–Trinajstić information content (AvgIpc) is 2.67. The predicted octanol–water partition coefficient (Wildman–Crippen LogP) is 4.80. The maximum atomic E-state index is 6.67. The van der Waals surface area contributed by atoms with E-state index in [1.807, 2.05) is 55.1 Å². The maximum Gasteiger partial charge on any atom is 0.163 e. The Balaban J connectivity index is 1.95. The van der Waals surface area contributed by atoms with Crippen LogP contribution in [0.5, 0.6) is 11.5 Å². The van der Waals surface area contributed by atoms with Gasteiger partial charge >= 0.3 is 0 Å². The smallest absolute Gasteiger partial charge is 0.163 e. The van der Waals surface area contributed by atoms with E-state index in [0.29, 0.717) is 18.2 Å². The second-order valence-corrected chi connectivity index (χ2v) is 6.70. The molecule has 0 saturated heterocycles. The molecule has 0 aliphatic carbocycles. The Labute approximate surface area is 159 Å². The normalized spacial score (nSPS) is 13.1. The summed E-state index contributed by atoms with van der Waals surface area (Å²) in [5.41, 5.74) is 3.73. The summed E-state index contributed by atoms with van der Waals surface area (Å²) in [5.74, 6) is 1.53. The van der Waals surface area contributed by atoms with Crippen molar-refractivity contribution in [3.05, 3.63) is 40.9 Å². The number of hydrogen-bond donors (Lipinski definition) is 0. The first-order valence-corrected chi connectivity index (χ1v) is 9.05. The zero-order valence-electron chi connectivity index (χ0n) is 15.6. The van der Waals surface area contributed by atoms with E-state index in [0.717, 1.165) is 40.7 Å².